The molecule has 2 saturated heterocycles. The smallest absolute Gasteiger partial charge is 0.246 e. The number of carbonyl (C=O) groups is 1. The van der Waals surface area contributed by atoms with E-state index in [0.717, 1.165) is 24.3 Å². The van der Waals surface area contributed by atoms with E-state index in [9.17, 15) is 4.79 Å². The number of anilines is 3. The van der Waals surface area contributed by atoms with Gasteiger partial charge in [0.1, 0.15) is 23.5 Å². The van der Waals surface area contributed by atoms with Crippen LogP contribution in [0.3, 0.4) is 0 Å². The predicted molar refractivity (Wildman–Crippen MR) is 130 cm³/mol. The van der Waals surface area contributed by atoms with Crippen molar-refractivity contribution in [2.24, 2.45) is 5.92 Å². The number of nitrogens with zero attached hydrogens (tertiary/aromatic N) is 6. The molecule has 1 saturated carbocycles. The van der Waals surface area contributed by atoms with Gasteiger partial charge in [0.15, 0.2) is 11.6 Å². The van der Waals surface area contributed by atoms with Crippen LogP contribution in [0.2, 0.25) is 5.02 Å². The summed E-state index contributed by atoms with van der Waals surface area (Å²) in [4.78, 5) is 34.3. The molecule has 9 nitrogen and oxygen atoms in total. The first-order valence-electron chi connectivity index (χ1n) is 11.5. The van der Waals surface area contributed by atoms with Gasteiger partial charge in [0.05, 0.1) is 35.4 Å². The van der Waals surface area contributed by atoms with Crippen molar-refractivity contribution in [2.75, 3.05) is 29.9 Å². The highest BCUT2D eigenvalue weighted by atomic mass is 35.5. The van der Waals surface area contributed by atoms with E-state index in [2.05, 4.69) is 31.7 Å². The minimum absolute atomic E-state index is 0.00590. The van der Waals surface area contributed by atoms with E-state index >= 15 is 0 Å². The van der Waals surface area contributed by atoms with Crippen LogP contribution >= 0.6 is 11.6 Å². The molecule has 3 aliphatic rings. The molecule has 2 aliphatic heterocycles. The first-order valence-corrected chi connectivity index (χ1v) is 11.8. The maximum atomic E-state index is 12.1. The summed E-state index contributed by atoms with van der Waals surface area (Å²) >= 11 is 6.42. The lowest BCUT2D eigenvalue weighted by atomic mass is 10.2. The van der Waals surface area contributed by atoms with Crippen molar-refractivity contribution in [3.63, 3.8) is 0 Å². The van der Waals surface area contributed by atoms with Crippen molar-refractivity contribution in [3.8, 4) is 5.75 Å². The summed E-state index contributed by atoms with van der Waals surface area (Å²) in [6.07, 6.45) is 7.88. The number of carbonyl (C=O) groups excluding carboxylic acids is 1. The van der Waals surface area contributed by atoms with E-state index in [-0.39, 0.29) is 18.0 Å². The number of hydrogen-bond donors (Lipinski definition) is 1. The van der Waals surface area contributed by atoms with E-state index in [1.807, 2.05) is 17.0 Å². The van der Waals surface area contributed by atoms with Gasteiger partial charge in [-0.25, -0.2) is 19.9 Å². The Labute approximate surface area is 201 Å². The fourth-order valence-corrected chi connectivity index (χ4v) is 4.93. The monoisotopic (exact) mass is 477 g/mol. The highest BCUT2D eigenvalue weighted by molar-refractivity contribution is 6.32. The zero-order chi connectivity index (χ0) is 23.2. The summed E-state index contributed by atoms with van der Waals surface area (Å²) in [5, 5.41) is 3.72. The van der Waals surface area contributed by atoms with Crippen molar-refractivity contribution in [1.82, 2.24) is 24.8 Å². The lowest BCUT2D eigenvalue weighted by Crippen LogP contribution is -2.48. The van der Waals surface area contributed by atoms with Gasteiger partial charge in [-0.15, -0.1) is 0 Å². The first-order chi connectivity index (χ1) is 16.6. The third kappa shape index (κ3) is 3.90. The van der Waals surface area contributed by atoms with Gasteiger partial charge in [-0.2, -0.15) is 0 Å². The third-order valence-corrected chi connectivity index (χ3v) is 6.99. The Hall–Kier alpha value is -3.46. The zero-order valence-corrected chi connectivity index (χ0v) is 19.3. The van der Waals surface area contributed by atoms with E-state index in [0.29, 0.717) is 47.0 Å². The highest BCUT2D eigenvalue weighted by Crippen LogP contribution is 2.36. The molecule has 174 valence electrons. The molecule has 6 rings (SSSR count). The molecule has 0 spiro atoms. The number of rotatable bonds is 7. The van der Waals surface area contributed by atoms with Gasteiger partial charge in [0.2, 0.25) is 5.91 Å². The van der Waals surface area contributed by atoms with Crippen molar-refractivity contribution in [3.05, 3.63) is 48.4 Å². The number of hydrogen-bond acceptors (Lipinski definition) is 8. The topological polar surface area (TPSA) is 96.4 Å². The Morgan fingerprint density at radius 2 is 2.12 bits per heavy atom. The molecule has 5 heterocycles. The van der Waals surface area contributed by atoms with Crippen LogP contribution < -0.4 is 15.0 Å². The summed E-state index contributed by atoms with van der Waals surface area (Å²) in [6.45, 7) is 5.72. The molecular weight excluding hydrogens is 454 g/mol. The fraction of sp³-hybridized carbons (Fsp3) is 0.375. The molecule has 1 amide bonds. The predicted octanol–water partition coefficient (Wildman–Crippen LogP) is 3.58. The Balaban J connectivity index is 1.23. The average molecular weight is 478 g/mol. The minimum atomic E-state index is -0.00590. The normalized spacial score (nSPS) is 21.2. The number of likely N-dealkylation sites (tertiary alicyclic amines) is 1. The van der Waals surface area contributed by atoms with Crippen LogP contribution in [0.25, 0.3) is 11.0 Å². The van der Waals surface area contributed by atoms with Gasteiger partial charge in [0.25, 0.3) is 0 Å². The lowest BCUT2D eigenvalue weighted by molar-refractivity contribution is -0.127. The van der Waals surface area contributed by atoms with Crippen LogP contribution in [0.5, 0.6) is 5.75 Å². The summed E-state index contributed by atoms with van der Waals surface area (Å²) < 4.78 is 5.77. The van der Waals surface area contributed by atoms with Gasteiger partial charge in [-0.1, -0.05) is 18.2 Å². The second-order valence-corrected chi connectivity index (χ2v) is 9.44. The highest BCUT2D eigenvalue weighted by Gasteiger charge is 2.45. The molecule has 2 atom stereocenters. The SMILES string of the molecule is C=CC(=O)N1C[C@@H]2C[C@H]1CN2c1ccc2ncnc(Nc3cc(Cl)c(OCC4CC4)cn3)c2n1. The van der Waals surface area contributed by atoms with Gasteiger partial charge < -0.3 is 19.9 Å². The molecular formula is C24H24ClN7O2. The molecule has 0 aromatic carbocycles. The Morgan fingerprint density at radius 3 is 2.85 bits per heavy atom. The zero-order valence-electron chi connectivity index (χ0n) is 18.5. The Kier molecular flexibility index (Phi) is 5.21. The van der Waals surface area contributed by atoms with Crippen molar-refractivity contribution >= 4 is 46.0 Å². The largest absolute Gasteiger partial charge is 0.490 e. The van der Waals surface area contributed by atoms with Gasteiger partial charge in [-0.3, -0.25) is 4.79 Å². The molecule has 2 bridgehead atoms. The third-order valence-electron chi connectivity index (χ3n) is 6.70. The van der Waals surface area contributed by atoms with E-state index < -0.39 is 0 Å². The number of fused-ring (bicyclic) bond motifs is 3. The Morgan fingerprint density at radius 1 is 1.24 bits per heavy atom. The minimum Gasteiger partial charge on any atom is -0.490 e. The summed E-state index contributed by atoms with van der Waals surface area (Å²) in [5.41, 5.74) is 1.37. The number of amides is 1. The van der Waals surface area contributed by atoms with Crippen LogP contribution in [0.15, 0.2) is 43.4 Å². The second kappa shape index (κ2) is 8.39. The van der Waals surface area contributed by atoms with Crippen molar-refractivity contribution < 1.29 is 9.53 Å². The molecule has 0 unspecified atom stereocenters. The number of aromatic nitrogens is 4. The Bertz CT molecular complexity index is 1280. The van der Waals surface area contributed by atoms with Crippen LogP contribution in [-0.2, 0) is 4.79 Å². The van der Waals surface area contributed by atoms with Crippen molar-refractivity contribution in [1.29, 1.82) is 0 Å². The van der Waals surface area contributed by atoms with E-state index in [1.54, 1.807) is 12.3 Å². The lowest BCUT2D eigenvalue weighted by Gasteiger charge is -2.34. The first kappa shape index (κ1) is 21.1. The molecule has 3 aromatic rings. The van der Waals surface area contributed by atoms with Crippen molar-refractivity contribution in [2.45, 2.75) is 31.3 Å². The molecule has 3 fully saturated rings. The fourth-order valence-electron chi connectivity index (χ4n) is 4.72. The molecule has 1 aliphatic carbocycles. The van der Waals surface area contributed by atoms with E-state index in [1.165, 1.54) is 25.2 Å². The van der Waals surface area contributed by atoms with Crippen LogP contribution in [0.1, 0.15) is 19.3 Å². The second-order valence-electron chi connectivity index (χ2n) is 9.03. The van der Waals surface area contributed by atoms with Gasteiger partial charge >= 0.3 is 0 Å². The molecule has 0 radical (unpaired) electrons. The maximum Gasteiger partial charge on any atom is 0.246 e. The number of nitrogens with one attached hydrogen (secondary N) is 1. The summed E-state index contributed by atoms with van der Waals surface area (Å²) in [7, 11) is 0. The number of piperazine rings is 1. The molecule has 3 aromatic heterocycles. The van der Waals surface area contributed by atoms with Gasteiger partial charge in [-0.05, 0) is 43.4 Å². The van der Waals surface area contributed by atoms with Crippen LogP contribution in [0, 0.1) is 5.92 Å². The van der Waals surface area contributed by atoms with E-state index in [4.69, 9.17) is 21.3 Å². The molecule has 1 N–H and O–H groups in total. The summed E-state index contributed by atoms with van der Waals surface area (Å²) in [6, 6.07) is 6.07. The molecule has 34 heavy (non-hydrogen) atoms. The van der Waals surface area contributed by atoms with Crippen LogP contribution in [0.4, 0.5) is 17.5 Å². The number of halogens is 1. The maximum absolute atomic E-state index is 12.1. The quantitative estimate of drug-likeness (QED) is 0.516. The summed E-state index contributed by atoms with van der Waals surface area (Å²) in [5.74, 6) is 3.16. The number of pyridine rings is 2. The average Bonchev–Trinajstić information content (AvgIpc) is 3.46. The van der Waals surface area contributed by atoms with Crippen LogP contribution in [-0.4, -0.2) is 62.5 Å². The van der Waals surface area contributed by atoms with Gasteiger partial charge in [0, 0.05) is 19.2 Å². The number of ether oxygens (including phenoxy) is 1. The molecule has 10 heteroatoms. The standard InChI is InChI=1S/C24H24ClN7O2/c1-2-22(33)32-11-15-7-16(32)10-31(15)21-6-5-18-23(30-21)24(28-13-27-18)29-20-8-17(25)19(9-26-20)34-12-14-3-4-14/h2,5-6,8-9,13-16H,1,3-4,7,10-12H2,(H,26,27,28,29)/t15-,16-/m0/s1.